The fourth-order valence-corrected chi connectivity index (χ4v) is 3.02. The van der Waals surface area contributed by atoms with Crippen LogP contribution in [0.25, 0.3) is 0 Å². The minimum Gasteiger partial charge on any atom is -0.373 e. The number of carbonyl (C=O) groups excluding carboxylic acids is 1. The van der Waals surface area contributed by atoms with E-state index >= 15 is 0 Å². The molecule has 0 radical (unpaired) electrons. The quantitative estimate of drug-likeness (QED) is 0.741. The lowest BCUT2D eigenvalue weighted by molar-refractivity contribution is -0.137. The molecule has 3 unspecified atom stereocenters. The molecule has 0 amide bonds. The van der Waals surface area contributed by atoms with E-state index in [-0.39, 0.29) is 18.0 Å². The predicted octanol–water partition coefficient (Wildman–Crippen LogP) is 3.03. The van der Waals surface area contributed by atoms with Crippen molar-refractivity contribution in [1.82, 2.24) is 0 Å². The normalized spacial score (nSPS) is 29.1. The Morgan fingerprint density at radius 2 is 2.12 bits per heavy atom. The van der Waals surface area contributed by atoms with E-state index in [1.807, 2.05) is 44.2 Å². The van der Waals surface area contributed by atoms with Gasteiger partial charge in [0.05, 0.1) is 25.9 Å². The lowest BCUT2D eigenvalue weighted by Gasteiger charge is -2.28. The van der Waals surface area contributed by atoms with Crippen molar-refractivity contribution >= 4 is 5.78 Å². The zero-order chi connectivity index (χ0) is 17.7. The van der Waals surface area contributed by atoms with Crippen LogP contribution in [0.2, 0.25) is 0 Å². The Morgan fingerprint density at radius 3 is 2.84 bits per heavy atom. The zero-order valence-corrected chi connectivity index (χ0v) is 14.9. The first-order valence-electron chi connectivity index (χ1n) is 8.83. The first-order valence-corrected chi connectivity index (χ1v) is 8.83. The number of ketones is 1. The average molecular weight is 346 g/mol. The van der Waals surface area contributed by atoms with Crippen LogP contribution in [0.5, 0.6) is 0 Å². The van der Waals surface area contributed by atoms with Crippen molar-refractivity contribution in [1.29, 1.82) is 0 Å². The molecule has 0 spiro atoms. The highest BCUT2D eigenvalue weighted by atomic mass is 16.7. The average Bonchev–Trinajstić information content (AvgIpc) is 2.98. The van der Waals surface area contributed by atoms with E-state index in [2.05, 4.69) is 0 Å². The Labute approximate surface area is 148 Å². The van der Waals surface area contributed by atoms with E-state index in [0.29, 0.717) is 26.2 Å². The maximum atomic E-state index is 12.4. The molecule has 2 aliphatic rings. The van der Waals surface area contributed by atoms with Gasteiger partial charge in [-0.3, -0.25) is 4.79 Å². The third-order valence-electron chi connectivity index (χ3n) is 4.39. The smallest absolute Gasteiger partial charge is 0.184 e. The van der Waals surface area contributed by atoms with Gasteiger partial charge < -0.3 is 18.9 Å². The summed E-state index contributed by atoms with van der Waals surface area (Å²) in [5, 5.41) is 0. The van der Waals surface area contributed by atoms with Gasteiger partial charge in [0, 0.05) is 6.42 Å². The Bertz CT molecular complexity index is 595. The van der Waals surface area contributed by atoms with E-state index < -0.39 is 11.9 Å². The van der Waals surface area contributed by atoms with Crippen LogP contribution >= 0.6 is 0 Å². The first kappa shape index (κ1) is 18.3. The Kier molecular flexibility index (Phi) is 6.02. The minimum atomic E-state index is -0.588. The second kappa shape index (κ2) is 8.23. The molecule has 2 fully saturated rings. The number of benzene rings is 1. The third-order valence-corrected chi connectivity index (χ3v) is 4.39. The molecule has 3 rings (SSSR count). The summed E-state index contributed by atoms with van der Waals surface area (Å²) < 4.78 is 22.7. The fourth-order valence-electron chi connectivity index (χ4n) is 3.02. The number of hydrogen-bond acceptors (Lipinski definition) is 5. The molecule has 1 aromatic rings. The van der Waals surface area contributed by atoms with Gasteiger partial charge in [-0.1, -0.05) is 30.3 Å². The molecule has 0 N–H and O–H groups in total. The fraction of sp³-hybridized carbons (Fsp3) is 0.550. The molecule has 25 heavy (non-hydrogen) atoms. The largest absolute Gasteiger partial charge is 0.373 e. The molecule has 5 nitrogen and oxygen atoms in total. The number of hydrogen-bond donors (Lipinski definition) is 0. The summed E-state index contributed by atoms with van der Waals surface area (Å²) in [7, 11) is 0. The van der Waals surface area contributed by atoms with E-state index in [1.165, 1.54) is 0 Å². The van der Waals surface area contributed by atoms with Gasteiger partial charge in [0.2, 0.25) is 0 Å². The maximum Gasteiger partial charge on any atom is 0.184 e. The number of ether oxygens (including phenoxy) is 4. The van der Waals surface area contributed by atoms with Gasteiger partial charge in [0.1, 0.15) is 12.2 Å². The molecule has 3 atom stereocenters. The minimum absolute atomic E-state index is 0.0404. The van der Waals surface area contributed by atoms with Crippen LogP contribution < -0.4 is 0 Å². The van der Waals surface area contributed by atoms with Crippen LogP contribution in [-0.4, -0.2) is 43.1 Å². The van der Waals surface area contributed by atoms with Crippen LogP contribution in [0, 0.1) is 0 Å². The topological polar surface area (TPSA) is 54.0 Å². The van der Waals surface area contributed by atoms with Crippen molar-refractivity contribution in [3.63, 3.8) is 0 Å². The summed E-state index contributed by atoms with van der Waals surface area (Å²) in [6.45, 7) is 5.29. The van der Waals surface area contributed by atoms with Gasteiger partial charge in [-0.05, 0) is 38.0 Å². The zero-order valence-electron chi connectivity index (χ0n) is 14.9. The van der Waals surface area contributed by atoms with E-state index in [0.717, 1.165) is 12.0 Å². The van der Waals surface area contributed by atoms with Crippen LogP contribution in [0.4, 0.5) is 0 Å². The predicted molar refractivity (Wildman–Crippen MR) is 93.0 cm³/mol. The van der Waals surface area contributed by atoms with Gasteiger partial charge >= 0.3 is 0 Å². The number of rotatable bonds is 6. The van der Waals surface area contributed by atoms with E-state index in [9.17, 15) is 4.79 Å². The molecular weight excluding hydrogens is 320 g/mol. The van der Waals surface area contributed by atoms with Crippen molar-refractivity contribution in [3.05, 3.63) is 48.0 Å². The summed E-state index contributed by atoms with van der Waals surface area (Å²) in [4.78, 5) is 12.4. The Morgan fingerprint density at radius 1 is 1.32 bits per heavy atom. The maximum absolute atomic E-state index is 12.4. The van der Waals surface area contributed by atoms with Gasteiger partial charge in [-0.25, -0.2) is 0 Å². The van der Waals surface area contributed by atoms with Crippen LogP contribution in [0.15, 0.2) is 42.5 Å². The number of carbonyl (C=O) groups is 1. The van der Waals surface area contributed by atoms with Crippen molar-refractivity contribution in [2.24, 2.45) is 0 Å². The summed E-state index contributed by atoms with van der Waals surface area (Å²) in [5.74, 6) is -0.628. The van der Waals surface area contributed by atoms with Crippen LogP contribution in [0.3, 0.4) is 0 Å². The molecular formula is C20H26O5. The first-order chi connectivity index (χ1) is 12.0. The third kappa shape index (κ3) is 5.47. The molecule has 2 saturated heterocycles. The van der Waals surface area contributed by atoms with Crippen molar-refractivity contribution in [2.75, 3.05) is 13.2 Å². The second-order valence-electron chi connectivity index (χ2n) is 6.93. The Balaban J connectivity index is 1.46. The van der Waals surface area contributed by atoms with Crippen LogP contribution in [-0.2, 0) is 30.3 Å². The molecule has 0 aromatic heterocycles. The SMILES string of the molecule is CC1(C)OCC(/C=C/C(=O)C2CC(OCc3ccccc3)CCO2)O1. The lowest BCUT2D eigenvalue weighted by Crippen LogP contribution is -2.35. The van der Waals surface area contributed by atoms with E-state index in [4.69, 9.17) is 18.9 Å². The second-order valence-corrected chi connectivity index (χ2v) is 6.93. The van der Waals surface area contributed by atoms with Crippen molar-refractivity contribution in [3.8, 4) is 0 Å². The molecule has 0 aliphatic carbocycles. The lowest BCUT2D eigenvalue weighted by atomic mass is 10.0. The highest BCUT2D eigenvalue weighted by Gasteiger charge is 2.32. The van der Waals surface area contributed by atoms with Crippen molar-refractivity contribution < 1.29 is 23.7 Å². The van der Waals surface area contributed by atoms with E-state index in [1.54, 1.807) is 12.2 Å². The van der Waals surface area contributed by atoms with Gasteiger partial charge in [-0.2, -0.15) is 0 Å². The van der Waals surface area contributed by atoms with Gasteiger partial charge in [0.15, 0.2) is 11.6 Å². The monoisotopic (exact) mass is 346 g/mol. The van der Waals surface area contributed by atoms with Gasteiger partial charge in [-0.15, -0.1) is 0 Å². The summed E-state index contributed by atoms with van der Waals surface area (Å²) in [5.41, 5.74) is 1.14. The molecule has 1 aromatic carbocycles. The van der Waals surface area contributed by atoms with Crippen LogP contribution in [0.1, 0.15) is 32.3 Å². The van der Waals surface area contributed by atoms with Gasteiger partial charge in [0.25, 0.3) is 0 Å². The molecule has 0 bridgehead atoms. The molecule has 136 valence electrons. The molecule has 0 saturated carbocycles. The summed E-state index contributed by atoms with van der Waals surface area (Å²) >= 11 is 0. The summed E-state index contributed by atoms with van der Waals surface area (Å²) in [6, 6.07) is 10.1. The van der Waals surface area contributed by atoms with Crippen molar-refractivity contribution in [2.45, 2.75) is 57.4 Å². The summed E-state index contributed by atoms with van der Waals surface area (Å²) in [6.07, 6.45) is 4.13. The Hall–Kier alpha value is -1.53. The molecule has 2 heterocycles. The molecule has 5 heteroatoms. The highest BCUT2D eigenvalue weighted by molar-refractivity contribution is 5.93. The molecule has 2 aliphatic heterocycles. The standard InChI is InChI=1S/C20H26O5/c1-20(2)24-14-17(25-20)8-9-18(21)19-12-16(10-11-22-19)23-13-15-6-4-3-5-7-15/h3-9,16-17,19H,10-14H2,1-2H3/b9-8+. The highest BCUT2D eigenvalue weighted by Crippen LogP contribution is 2.23.